The summed E-state index contributed by atoms with van der Waals surface area (Å²) in [6, 6.07) is 1.54. The summed E-state index contributed by atoms with van der Waals surface area (Å²) in [7, 11) is 0. The molecule has 0 aliphatic rings. The number of H-pyrrole nitrogens is 1. The number of aromatic nitrogens is 2. The van der Waals surface area contributed by atoms with Gasteiger partial charge >= 0.3 is 11.7 Å². The van der Waals surface area contributed by atoms with Crippen molar-refractivity contribution in [2.75, 3.05) is 0 Å². The molecule has 0 amide bonds. The van der Waals surface area contributed by atoms with Gasteiger partial charge in [0.2, 0.25) is 0 Å². The second-order valence-electron chi connectivity index (χ2n) is 2.43. The molecule has 0 bridgehead atoms. The molecule has 5 nitrogen and oxygen atoms in total. The van der Waals surface area contributed by atoms with Gasteiger partial charge in [-0.1, -0.05) is 0 Å². The minimum atomic E-state index is -0.993. The van der Waals surface area contributed by atoms with Gasteiger partial charge in [-0.05, 0) is 13.0 Å². The number of hydrogen-bond donors (Lipinski definition) is 2. The molecule has 0 fully saturated rings. The largest absolute Gasteiger partial charge is 0.481 e. The molecular formula is C7H8N2O3. The molecule has 0 aromatic carbocycles. The van der Waals surface area contributed by atoms with E-state index in [4.69, 9.17) is 5.11 Å². The van der Waals surface area contributed by atoms with Crippen molar-refractivity contribution in [1.29, 1.82) is 0 Å². The molecule has 64 valence electrons. The van der Waals surface area contributed by atoms with Crippen LogP contribution in [-0.2, 0) is 11.2 Å². The molecule has 1 aromatic heterocycles. The summed E-state index contributed by atoms with van der Waals surface area (Å²) < 4.78 is 0. The number of aromatic amines is 1. The SMILES string of the molecule is Cc1cc(CC(=O)O)nc(=O)[nH]1. The van der Waals surface area contributed by atoms with Gasteiger partial charge in [0.15, 0.2) is 0 Å². The fourth-order valence-electron chi connectivity index (χ4n) is 0.891. The second-order valence-corrected chi connectivity index (χ2v) is 2.43. The third kappa shape index (κ3) is 2.19. The summed E-state index contributed by atoms with van der Waals surface area (Å²) in [5.41, 5.74) is 0.390. The number of nitrogens with zero attached hydrogens (tertiary/aromatic N) is 1. The van der Waals surface area contributed by atoms with Crippen LogP contribution in [-0.4, -0.2) is 21.0 Å². The van der Waals surface area contributed by atoms with Gasteiger partial charge in [0.1, 0.15) is 0 Å². The highest BCUT2D eigenvalue weighted by Crippen LogP contribution is 1.94. The summed E-state index contributed by atoms with van der Waals surface area (Å²) in [5, 5.41) is 8.40. The number of rotatable bonds is 2. The first-order chi connectivity index (χ1) is 5.58. The standard InChI is InChI=1S/C7H8N2O3/c1-4-2-5(3-6(10)11)9-7(12)8-4/h2H,3H2,1H3,(H,10,11)(H,8,9,12). The molecule has 1 heterocycles. The highest BCUT2D eigenvalue weighted by Gasteiger charge is 2.02. The molecule has 0 radical (unpaired) electrons. The van der Waals surface area contributed by atoms with Crippen LogP contribution in [0.5, 0.6) is 0 Å². The lowest BCUT2D eigenvalue weighted by molar-refractivity contribution is -0.136. The van der Waals surface area contributed by atoms with Gasteiger partial charge < -0.3 is 10.1 Å². The van der Waals surface area contributed by atoms with Crippen LogP contribution in [0.15, 0.2) is 10.9 Å². The number of aryl methyl sites for hydroxylation is 1. The first-order valence-corrected chi connectivity index (χ1v) is 3.36. The Morgan fingerprint density at radius 2 is 2.42 bits per heavy atom. The molecule has 0 atom stereocenters. The van der Waals surface area contributed by atoms with Crippen LogP contribution in [0, 0.1) is 6.92 Å². The third-order valence-electron chi connectivity index (χ3n) is 1.26. The van der Waals surface area contributed by atoms with E-state index in [1.165, 1.54) is 6.07 Å². The predicted molar refractivity (Wildman–Crippen MR) is 40.9 cm³/mol. The topological polar surface area (TPSA) is 83.0 Å². The monoisotopic (exact) mass is 168 g/mol. The normalized spacial score (nSPS) is 9.75. The molecule has 2 N–H and O–H groups in total. The summed E-state index contributed by atoms with van der Waals surface area (Å²) >= 11 is 0. The number of nitrogens with one attached hydrogen (secondary N) is 1. The maximum atomic E-state index is 10.7. The first kappa shape index (κ1) is 8.45. The molecular weight excluding hydrogens is 160 g/mol. The molecule has 12 heavy (non-hydrogen) atoms. The van der Waals surface area contributed by atoms with E-state index in [-0.39, 0.29) is 12.1 Å². The zero-order valence-electron chi connectivity index (χ0n) is 6.50. The van der Waals surface area contributed by atoms with E-state index in [0.717, 1.165) is 0 Å². The van der Waals surface area contributed by atoms with Crippen molar-refractivity contribution in [3.8, 4) is 0 Å². The highest BCUT2D eigenvalue weighted by atomic mass is 16.4. The molecule has 0 saturated carbocycles. The second kappa shape index (κ2) is 3.17. The van der Waals surface area contributed by atoms with Crippen molar-refractivity contribution < 1.29 is 9.90 Å². The van der Waals surface area contributed by atoms with E-state index >= 15 is 0 Å². The minimum Gasteiger partial charge on any atom is -0.481 e. The zero-order valence-corrected chi connectivity index (χ0v) is 6.50. The Morgan fingerprint density at radius 1 is 1.75 bits per heavy atom. The predicted octanol–water partition coefficient (Wildman–Crippen LogP) is -0.295. The van der Waals surface area contributed by atoms with Crippen molar-refractivity contribution in [3.05, 3.63) is 27.9 Å². The van der Waals surface area contributed by atoms with Crippen LogP contribution in [0.1, 0.15) is 11.4 Å². The Kier molecular flexibility index (Phi) is 2.23. The number of hydrogen-bond acceptors (Lipinski definition) is 3. The van der Waals surface area contributed by atoms with E-state index < -0.39 is 11.7 Å². The maximum Gasteiger partial charge on any atom is 0.345 e. The lowest BCUT2D eigenvalue weighted by Crippen LogP contribution is -2.15. The van der Waals surface area contributed by atoms with Gasteiger partial charge in [-0.25, -0.2) is 4.79 Å². The number of aliphatic carboxylic acids is 1. The molecule has 0 aliphatic carbocycles. The summed E-state index contributed by atoms with van der Waals surface area (Å²) in [5.74, 6) is -0.993. The number of carbonyl (C=O) groups is 1. The lowest BCUT2D eigenvalue weighted by Gasteiger charge is -1.95. The average molecular weight is 168 g/mol. The van der Waals surface area contributed by atoms with Crippen LogP contribution in [0.2, 0.25) is 0 Å². The van der Waals surface area contributed by atoms with E-state index in [2.05, 4.69) is 9.97 Å². The van der Waals surface area contributed by atoms with E-state index in [1.54, 1.807) is 6.92 Å². The molecule has 1 rings (SSSR count). The van der Waals surface area contributed by atoms with Gasteiger partial charge in [-0.15, -0.1) is 0 Å². The molecule has 5 heteroatoms. The van der Waals surface area contributed by atoms with E-state index in [1.807, 2.05) is 0 Å². The number of carboxylic acid groups (broad SMARTS) is 1. The quantitative estimate of drug-likeness (QED) is 0.635. The summed E-state index contributed by atoms with van der Waals surface area (Å²) in [6.07, 6.45) is -0.218. The Labute approximate surface area is 68.1 Å². The van der Waals surface area contributed by atoms with Gasteiger partial charge in [0.25, 0.3) is 0 Å². The van der Waals surface area contributed by atoms with E-state index in [0.29, 0.717) is 5.69 Å². The van der Waals surface area contributed by atoms with Gasteiger partial charge in [-0.2, -0.15) is 4.98 Å². The molecule has 1 aromatic rings. The van der Waals surface area contributed by atoms with Gasteiger partial charge in [0, 0.05) is 5.69 Å². The van der Waals surface area contributed by atoms with Crippen molar-refractivity contribution in [1.82, 2.24) is 9.97 Å². The molecule has 0 saturated heterocycles. The fourth-order valence-corrected chi connectivity index (χ4v) is 0.891. The van der Waals surface area contributed by atoms with Crippen molar-refractivity contribution in [3.63, 3.8) is 0 Å². The Hall–Kier alpha value is -1.65. The lowest BCUT2D eigenvalue weighted by atomic mass is 10.3. The van der Waals surface area contributed by atoms with Crippen LogP contribution < -0.4 is 5.69 Å². The van der Waals surface area contributed by atoms with Crippen LogP contribution in [0.3, 0.4) is 0 Å². The summed E-state index contributed by atoms with van der Waals surface area (Å²) in [4.78, 5) is 26.9. The fraction of sp³-hybridized carbons (Fsp3) is 0.286. The third-order valence-corrected chi connectivity index (χ3v) is 1.26. The van der Waals surface area contributed by atoms with Gasteiger partial charge in [0.05, 0.1) is 12.1 Å². The van der Waals surface area contributed by atoms with E-state index in [9.17, 15) is 9.59 Å². The minimum absolute atomic E-state index is 0.218. The zero-order chi connectivity index (χ0) is 9.14. The summed E-state index contributed by atoms with van der Waals surface area (Å²) in [6.45, 7) is 1.68. The molecule has 0 aliphatic heterocycles. The number of carboxylic acids is 1. The van der Waals surface area contributed by atoms with Gasteiger partial charge in [-0.3, -0.25) is 4.79 Å². The average Bonchev–Trinajstić information content (AvgIpc) is 1.81. The van der Waals surface area contributed by atoms with Crippen LogP contribution in [0.4, 0.5) is 0 Å². The smallest absolute Gasteiger partial charge is 0.345 e. The molecule has 0 spiro atoms. The first-order valence-electron chi connectivity index (χ1n) is 3.36. The van der Waals surface area contributed by atoms with Crippen LogP contribution >= 0.6 is 0 Å². The Balaban J connectivity index is 3.01. The molecule has 0 unspecified atom stereocenters. The highest BCUT2D eigenvalue weighted by molar-refractivity contribution is 5.69. The Bertz CT molecular complexity index is 356. The van der Waals surface area contributed by atoms with Crippen molar-refractivity contribution in [2.24, 2.45) is 0 Å². The Morgan fingerprint density at radius 3 is 2.92 bits per heavy atom. The van der Waals surface area contributed by atoms with Crippen molar-refractivity contribution in [2.45, 2.75) is 13.3 Å². The van der Waals surface area contributed by atoms with Crippen molar-refractivity contribution >= 4 is 5.97 Å². The van der Waals surface area contributed by atoms with Crippen LogP contribution in [0.25, 0.3) is 0 Å². The maximum absolute atomic E-state index is 10.7.